The smallest absolute Gasteiger partial charge is 0.0963 e. The fraction of sp³-hybridized carbons (Fsp3) is 0.933. The van der Waals surface area contributed by atoms with Gasteiger partial charge in [-0.25, -0.2) is 0 Å². The van der Waals surface area contributed by atoms with Crippen molar-refractivity contribution in [3.05, 3.63) is 0 Å². The van der Waals surface area contributed by atoms with E-state index in [0.717, 1.165) is 31.8 Å². The SMILES string of the molecule is CC1CCC(OCCCCC(C)(C)C(=N)N)CC1. The fourth-order valence-corrected chi connectivity index (χ4v) is 2.45. The predicted octanol–water partition coefficient (Wildman–Crippen LogP) is 3.71. The number of amidine groups is 1. The second kappa shape index (κ2) is 7.13. The van der Waals surface area contributed by atoms with E-state index in [4.69, 9.17) is 15.9 Å². The van der Waals surface area contributed by atoms with E-state index in [1.807, 2.05) is 13.8 Å². The molecule has 0 radical (unpaired) electrons. The second-order valence-corrected chi connectivity index (χ2v) is 6.51. The van der Waals surface area contributed by atoms with Crippen molar-refractivity contribution in [3.63, 3.8) is 0 Å². The van der Waals surface area contributed by atoms with Gasteiger partial charge in [0.25, 0.3) is 0 Å². The molecule has 0 aromatic carbocycles. The highest BCUT2D eigenvalue weighted by Gasteiger charge is 2.21. The van der Waals surface area contributed by atoms with Gasteiger partial charge in [0.15, 0.2) is 0 Å². The molecule has 0 aromatic heterocycles. The lowest BCUT2D eigenvalue weighted by Gasteiger charge is -2.26. The molecule has 1 aliphatic rings. The summed E-state index contributed by atoms with van der Waals surface area (Å²) in [4.78, 5) is 0. The van der Waals surface area contributed by atoms with E-state index in [2.05, 4.69) is 6.92 Å². The zero-order valence-corrected chi connectivity index (χ0v) is 12.3. The normalized spacial score (nSPS) is 25.1. The minimum Gasteiger partial charge on any atom is -0.387 e. The third kappa shape index (κ3) is 5.38. The molecule has 3 N–H and O–H groups in total. The Bertz CT molecular complexity index is 255. The number of nitrogens with one attached hydrogen (secondary N) is 1. The van der Waals surface area contributed by atoms with E-state index in [0.29, 0.717) is 11.9 Å². The number of hydrogen-bond acceptors (Lipinski definition) is 2. The summed E-state index contributed by atoms with van der Waals surface area (Å²) in [5.74, 6) is 1.19. The van der Waals surface area contributed by atoms with E-state index < -0.39 is 0 Å². The Kier molecular flexibility index (Phi) is 6.13. The molecule has 3 nitrogen and oxygen atoms in total. The molecule has 0 heterocycles. The molecule has 18 heavy (non-hydrogen) atoms. The van der Waals surface area contributed by atoms with Crippen LogP contribution in [0.2, 0.25) is 0 Å². The second-order valence-electron chi connectivity index (χ2n) is 6.51. The number of unbranched alkanes of at least 4 members (excludes halogenated alkanes) is 1. The van der Waals surface area contributed by atoms with Crippen LogP contribution in [0.3, 0.4) is 0 Å². The zero-order chi connectivity index (χ0) is 13.6. The zero-order valence-electron chi connectivity index (χ0n) is 12.3. The average molecular weight is 254 g/mol. The van der Waals surface area contributed by atoms with Crippen LogP contribution in [-0.4, -0.2) is 18.5 Å². The highest BCUT2D eigenvalue weighted by atomic mass is 16.5. The minimum atomic E-state index is -0.153. The molecule has 0 unspecified atom stereocenters. The van der Waals surface area contributed by atoms with Crippen molar-refractivity contribution >= 4 is 5.84 Å². The molecule has 0 bridgehead atoms. The summed E-state index contributed by atoms with van der Waals surface area (Å²) in [7, 11) is 0. The first kappa shape index (κ1) is 15.5. The molecule has 0 saturated heterocycles. The fourth-order valence-electron chi connectivity index (χ4n) is 2.45. The van der Waals surface area contributed by atoms with Crippen LogP contribution in [-0.2, 0) is 4.74 Å². The van der Waals surface area contributed by atoms with Crippen molar-refractivity contribution in [2.24, 2.45) is 17.1 Å². The van der Waals surface area contributed by atoms with E-state index in [-0.39, 0.29) is 5.41 Å². The van der Waals surface area contributed by atoms with Crippen LogP contribution >= 0.6 is 0 Å². The molecule has 0 amide bonds. The van der Waals surface area contributed by atoms with Crippen LogP contribution in [0, 0.1) is 16.7 Å². The van der Waals surface area contributed by atoms with Crippen LogP contribution in [0.1, 0.15) is 65.7 Å². The van der Waals surface area contributed by atoms with Gasteiger partial charge in [0.1, 0.15) is 0 Å². The van der Waals surface area contributed by atoms with Gasteiger partial charge < -0.3 is 10.5 Å². The van der Waals surface area contributed by atoms with Crippen molar-refractivity contribution in [1.82, 2.24) is 0 Å². The van der Waals surface area contributed by atoms with E-state index >= 15 is 0 Å². The van der Waals surface area contributed by atoms with Gasteiger partial charge in [-0.05, 0) is 44.4 Å². The van der Waals surface area contributed by atoms with Gasteiger partial charge in [0.2, 0.25) is 0 Å². The molecular formula is C15H30N2O. The Labute approximate surface area is 112 Å². The molecule has 0 spiro atoms. The van der Waals surface area contributed by atoms with Gasteiger partial charge in [-0.15, -0.1) is 0 Å². The van der Waals surface area contributed by atoms with Gasteiger partial charge >= 0.3 is 0 Å². The molecule has 106 valence electrons. The maximum atomic E-state index is 7.50. The van der Waals surface area contributed by atoms with Gasteiger partial charge in [0.05, 0.1) is 11.9 Å². The molecule has 1 fully saturated rings. The third-order valence-corrected chi connectivity index (χ3v) is 4.24. The van der Waals surface area contributed by atoms with E-state index in [1.165, 1.54) is 25.7 Å². The number of nitrogens with two attached hydrogens (primary N) is 1. The lowest BCUT2D eigenvalue weighted by atomic mass is 9.86. The Morgan fingerprint density at radius 2 is 1.83 bits per heavy atom. The van der Waals surface area contributed by atoms with Crippen LogP contribution in [0.5, 0.6) is 0 Å². The predicted molar refractivity (Wildman–Crippen MR) is 76.9 cm³/mol. The van der Waals surface area contributed by atoms with Crippen molar-refractivity contribution in [2.75, 3.05) is 6.61 Å². The summed E-state index contributed by atoms with van der Waals surface area (Å²) in [6.45, 7) is 7.28. The Morgan fingerprint density at radius 3 is 2.39 bits per heavy atom. The Balaban J connectivity index is 2.04. The van der Waals surface area contributed by atoms with E-state index in [9.17, 15) is 0 Å². The van der Waals surface area contributed by atoms with Gasteiger partial charge in [0, 0.05) is 12.0 Å². The van der Waals surface area contributed by atoms with Crippen LogP contribution in [0.4, 0.5) is 0 Å². The summed E-state index contributed by atoms with van der Waals surface area (Å²) in [6.07, 6.45) is 8.78. The first-order chi connectivity index (χ1) is 8.42. The molecule has 0 aliphatic heterocycles. The molecule has 0 aromatic rings. The molecule has 3 heteroatoms. The number of rotatable bonds is 7. The van der Waals surface area contributed by atoms with Gasteiger partial charge in [-0.3, -0.25) is 5.41 Å². The highest BCUT2D eigenvalue weighted by Crippen LogP contribution is 2.26. The first-order valence-electron chi connectivity index (χ1n) is 7.38. The lowest BCUT2D eigenvalue weighted by Crippen LogP contribution is -2.30. The van der Waals surface area contributed by atoms with Gasteiger partial charge in [-0.2, -0.15) is 0 Å². The lowest BCUT2D eigenvalue weighted by molar-refractivity contribution is 0.0174. The molecular weight excluding hydrogens is 224 g/mol. The molecule has 0 atom stereocenters. The summed E-state index contributed by atoms with van der Waals surface area (Å²) in [6, 6.07) is 0. The van der Waals surface area contributed by atoms with Crippen molar-refractivity contribution < 1.29 is 4.74 Å². The summed E-state index contributed by atoms with van der Waals surface area (Å²) in [5, 5.41) is 7.50. The molecule has 1 rings (SSSR count). The van der Waals surface area contributed by atoms with Crippen LogP contribution in [0.15, 0.2) is 0 Å². The summed E-state index contributed by atoms with van der Waals surface area (Å²) >= 11 is 0. The Morgan fingerprint density at radius 1 is 1.22 bits per heavy atom. The molecule has 1 aliphatic carbocycles. The Hall–Kier alpha value is -0.570. The topological polar surface area (TPSA) is 59.1 Å². The van der Waals surface area contributed by atoms with Crippen molar-refractivity contribution in [1.29, 1.82) is 5.41 Å². The summed E-state index contributed by atoms with van der Waals surface area (Å²) in [5.41, 5.74) is 5.41. The van der Waals surface area contributed by atoms with E-state index in [1.54, 1.807) is 0 Å². The maximum Gasteiger partial charge on any atom is 0.0963 e. The van der Waals surface area contributed by atoms with Gasteiger partial charge in [-0.1, -0.05) is 27.2 Å². The average Bonchev–Trinajstić information content (AvgIpc) is 2.31. The van der Waals surface area contributed by atoms with Crippen molar-refractivity contribution in [3.8, 4) is 0 Å². The molecule has 1 saturated carbocycles. The first-order valence-corrected chi connectivity index (χ1v) is 7.38. The minimum absolute atomic E-state index is 0.153. The maximum absolute atomic E-state index is 7.50. The van der Waals surface area contributed by atoms with Crippen molar-refractivity contribution in [2.45, 2.75) is 71.8 Å². The summed E-state index contributed by atoms with van der Waals surface area (Å²) < 4.78 is 5.92. The largest absolute Gasteiger partial charge is 0.387 e. The highest BCUT2D eigenvalue weighted by molar-refractivity contribution is 5.82. The monoisotopic (exact) mass is 254 g/mol. The third-order valence-electron chi connectivity index (χ3n) is 4.24. The van der Waals surface area contributed by atoms with Crippen LogP contribution < -0.4 is 5.73 Å². The van der Waals surface area contributed by atoms with Crippen LogP contribution in [0.25, 0.3) is 0 Å². The quantitative estimate of drug-likeness (QED) is 0.413. The number of hydrogen-bond donors (Lipinski definition) is 2. The number of ether oxygens (including phenoxy) is 1. The standard InChI is InChI=1S/C15H30N2O/c1-12-6-8-13(9-7-12)18-11-5-4-10-15(2,3)14(16)17/h12-13H,4-11H2,1-3H3,(H3,16,17).